The molecule has 0 fully saturated rings. The second-order valence-corrected chi connectivity index (χ2v) is 12.3. The summed E-state index contributed by atoms with van der Waals surface area (Å²) < 4.78 is 5.23. The van der Waals surface area contributed by atoms with Gasteiger partial charge in [-0.05, 0) is 32.1 Å². The summed E-state index contributed by atoms with van der Waals surface area (Å²) in [4.78, 5) is 0. The van der Waals surface area contributed by atoms with E-state index in [9.17, 15) is 0 Å². The van der Waals surface area contributed by atoms with E-state index in [0.29, 0.717) is 0 Å². The van der Waals surface area contributed by atoms with Crippen LogP contribution in [-0.2, 0) is 19.5 Å². The zero-order valence-electron chi connectivity index (χ0n) is 26.8. The van der Waals surface area contributed by atoms with Gasteiger partial charge < -0.3 is 0 Å². The number of imidazole rings is 1. The first-order valence-electron chi connectivity index (χ1n) is 17.9. The molecule has 0 saturated heterocycles. The highest BCUT2D eigenvalue weighted by atomic mass is 15.1. The molecule has 38 heavy (non-hydrogen) atoms. The zero-order chi connectivity index (χ0) is 27.4. The molecule has 0 N–H and O–H groups in total. The van der Waals surface area contributed by atoms with E-state index in [2.05, 4.69) is 42.3 Å². The highest BCUT2D eigenvalue weighted by Crippen LogP contribution is 2.14. The number of hydrogen-bond acceptors (Lipinski definition) is 0. The number of aromatic nitrogens is 2. The number of unbranched alkanes of at least 4 members (excludes halogenated alkanes) is 24. The van der Waals surface area contributed by atoms with Crippen molar-refractivity contribution >= 4 is 0 Å². The first kappa shape index (κ1) is 35.2. The van der Waals surface area contributed by atoms with Gasteiger partial charge in [0.1, 0.15) is 12.4 Å². The first-order valence-corrected chi connectivity index (χ1v) is 17.9. The summed E-state index contributed by atoms with van der Waals surface area (Å²) in [6.07, 6.45) is 44.4. The lowest BCUT2D eigenvalue weighted by Gasteiger charge is -2.07. The summed E-state index contributed by atoms with van der Waals surface area (Å²) in [5.74, 6) is 1.61. The summed E-state index contributed by atoms with van der Waals surface area (Å²) >= 11 is 0. The lowest BCUT2D eigenvalue weighted by Crippen LogP contribution is -2.37. The molecule has 1 rings (SSSR count). The summed E-state index contributed by atoms with van der Waals surface area (Å²) in [5.41, 5.74) is 0. The number of hydrogen-bond donors (Lipinski definition) is 0. The fraction of sp³-hybridized carbons (Fsp3) is 0.917. The second kappa shape index (κ2) is 27.8. The highest BCUT2D eigenvalue weighted by molar-refractivity contribution is 4.84. The Morgan fingerprint density at radius 1 is 0.447 bits per heavy atom. The molecule has 0 aliphatic carbocycles. The molecular weight excluding hydrogens is 460 g/mol. The zero-order valence-corrected chi connectivity index (χ0v) is 26.8. The van der Waals surface area contributed by atoms with Gasteiger partial charge in [0, 0.05) is 6.42 Å². The quantitative estimate of drug-likeness (QED) is 0.0689. The Morgan fingerprint density at radius 2 is 0.816 bits per heavy atom. The van der Waals surface area contributed by atoms with Crippen molar-refractivity contribution in [2.24, 2.45) is 0 Å². The molecule has 2 nitrogen and oxygen atoms in total. The van der Waals surface area contributed by atoms with Crippen LogP contribution >= 0.6 is 0 Å². The van der Waals surface area contributed by atoms with Crippen LogP contribution in [0.4, 0.5) is 0 Å². The van der Waals surface area contributed by atoms with Crippen molar-refractivity contribution in [3.8, 4) is 0 Å². The van der Waals surface area contributed by atoms with E-state index in [4.69, 9.17) is 0 Å². The predicted molar refractivity (Wildman–Crippen MR) is 170 cm³/mol. The molecule has 0 bridgehead atoms. The smallest absolute Gasteiger partial charge is 0.234 e. The van der Waals surface area contributed by atoms with E-state index < -0.39 is 0 Å². The van der Waals surface area contributed by atoms with Gasteiger partial charge in [0.15, 0.2) is 0 Å². The molecule has 224 valence electrons. The summed E-state index contributed by atoms with van der Waals surface area (Å²) in [6, 6.07) is 0. The SMILES string of the molecule is CCCCCCCCCCCCCCC[n+]1ccn(CCCCCCC)c1CCCCCCCCCCC. The molecule has 0 atom stereocenters. The third-order valence-corrected chi connectivity index (χ3v) is 8.60. The maximum absolute atomic E-state index is 2.62. The standard InChI is InChI=1S/C36H71N2/c1-4-7-10-13-15-17-18-19-20-22-24-27-30-33-38-35-34-37(32-29-26-12-9-6-3)36(38)31-28-25-23-21-16-14-11-8-5-2/h34-35H,4-33H2,1-3H3/q+1. The van der Waals surface area contributed by atoms with Crippen molar-refractivity contribution in [3.05, 3.63) is 18.2 Å². The summed E-state index contributed by atoms with van der Waals surface area (Å²) in [6.45, 7) is 9.39. The third kappa shape index (κ3) is 20.2. The molecule has 0 radical (unpaired) electrons. The van der Waals surface area contributed by atoms with Crippen molar-refractivity contribution in [2.45, 2.75) is 214 Å². The van der Waals surface area contributed by atoms with E-state index in [1.165, 1.54) is 193 Å². The average molecular weight is 532 g/mol. The molecule has 0 aromatic carbocycles. The van der Waals surface area contributed by atoms with E-state index in [1.807, 2.05) is 0 Å². The number of aryl methyl sites for hydroxylation is 2. The van der Waals surface area contributed by atoms with Crippen molar-refractivity contribution in [3.63, 3.8) is 0 Å². The highest BCUT2D eigenvalue weighted by Gasteiger charge is 2.16. The van der Waals surface area contributed by atoms with Crippen molar-refractivity contribution in [1.82, 2.24) is 4.57 Å². The summed E-state index contributed by atoms with van der Waals surface area (Å²) in [5, 5.41) is 0. The number of rotatable bonds is 30. The van der Waals surface area contributed by atoms with Gasteiger partial charge in [0.25, 0.3) is 5.82 Å². The minimum absolute atomic E-state index is 1.22. The molecule has 0 amide bonds. The maximum Gasteiger partial charge on any atom is 0.256 e. The Kier molecular flexibility index (Phi) is 25.7. The first-order chi connectivity index (χ1) is 18.8. The van der Waals surface area contributed by atoms with E-state index in [1.54, 1.807) is 5.82 Å². The normalized spacial score (nSPS) is 11.6. The van der Waals surface area contributed by atoms with Gasteiger partial charge in [0.05, 0.1) is 13.1 Å². The Morgan fingerprint density at radius 3 is 1.26 bits per heavy atom. The average Bonchev–Trinajstić information content (AvgIpc) is 3.31. The van der Waals surface area contributed by atoms with Crippen molar-refractivity contribution in [1.29, 1.82) is 0 Å². The molecule has 0 spiro atoms. The third-order valence-electron chi connectivity index (χ3n) is 8.60. The van der Waals surface area contributed by atoms with Gasteiger partial charge in [-0.25, -0.2) is 9.13 Å². The van der Waals surface area contributed by atoms with E-state index in [-0.39, 0.29) is 0 Å². The lowest BCUT2D eigenvalue weighted by molar-refractivity contribution is -0.704. The molecule has 1 aromatic heterocycles. The van der Waals surface area contributed by atoms with Crippen LogP contribution in [0.5, 0.6) is 0 Å². The molecule has 1 heterocycles. The summed E-state index contributed by atoms with van der Waals surface area (Å²) in [7, 11) is 0. The van der Waals surface area contributed by atoms with Crippen LogP contribution in [0.2, 0.25) is 0 Å². The minimum atomic E-state index is 1.22. The molecule has 0 aliphatic heterocycles. The van der Waals surface area contributed by atoms with Gasteiger partial charge in [-0.1, -0.05) is 162 Å². The molecule has 1 aromatic rings. The number of nitrogens with zero attached hydrogens (tertiary/aromatic N) is 2. The van der Waals surface area contributed by atoms with Crippen LogP contribution in [0, 0.1) is 0 Å². The predicted octanol–water partition coefficient (Wildman–Crippen LogP) is 11.9. The Hall–Kier alpha value is -0.790. The van der Waals surface area contributed by atoms with Crippen LogP contribution in [0.3, 0.4) is 0 Å². The van der Waals surface area contributed by atoms with Crippen molar-refractivity contribution in [2.75, 3.05) is 0 Å². The molecule has 0 unspecified atom stereocenters. The second-order valence-electron chi connectivity index (χ2n) is 12.3. The monoisotopic (exact) mass is 532 g/mol. The molecule has 0 saturated carbocycles. The molecule has 2 heteroatoms. The molecule has 0 aliphatic rings. The fourth-order valence-corrected chi connectivity index (χ4v) is 5.97. The van der Waals surface area contributed by atoms with Crippen LogP contribution in [0.1, 0.15) is 200 Å². The van der Waals surface area contributed by atoms with Gasteiger partial charge in [0.2, 0.25) is 0 Å². The van der Waals surface area contributed by atoms with E-state index in [0.717, 1.165) is 0 Å². The van der Waals surface area contributed by atoms with E-state index >= 15 is 0 Å². The Bertz CT molecular complexity index is 590. The van der Waals surface area contributed by atoms with Gasteiger partial charge in [-0.2, -0.15) is 0 Å². The maximum atomic E-state index is 2.62. The Balaban J connectivity index is 2.25. The Labute approximate surface area is 240 Å². The van der Waals surface area contributed by atoms with Crippen LogP contribution < -0.4 is 4.57 Å². The van der Waals surface area contributed by atoms with Crippen LogP contribution in [0.15, 0.2) is 12.4 Å². The topological polar surface area (TPSA) is 8.81 Å². The van der Waals surface area contributed by atoms with Crippen LogP contribution in [-0.4, -0.2) is 4.57 Å². The fourth-order valence-electron chi connectivity index (χ4n) is 5.97. The minimum Gasteiger partial charge on any atom is -0.234 e. The van der Waals surface area contributed by atoms with Gasteiger partial charge >= 0.3 is 0 Å². The lowest BCUT2D eigenvalue weighted by atomic mass is 10.0. The van der Waals surface area contributed by atoms with Gasteiger partial charge in [-0.3, -0.25) is 0 Å². The molecular formula is C36H71N2+. The van der Waals surface area contributed by atoms with Crippen molar-refractivity contribution < 1.29 is 4.57 Å². The van der Waals surface area contributed by atoms with Crippen LogP contribution in [0.25, 0.3) is 0 Å². The van der Waals surface area contributed by atoms with Gasteiger partial charge in [-0.15, -0.1) is 0 Å². The largest absolute Gasteiger partial charge is 0.256 e.